The van der Waals surface area contributed by atoms with E-state index >= 15 is 0 Å². The molecule has 0 aliphatic heterocycles. The molecule has 156 valence electrons. The number of nitrogens with zero attached hydrogens (tertiary/aromatic N) is 5. The Kier molecular flexibility index (Phi) is 5.56. The van der Waals surface area contributed by atoms with E-state index in [0.29, 0.717) is 17.2 Å². The number of nitrogens with one attached hydrogen (secondary N) is 2. The number of aryl methyl sites for hydroxylation is 1. The Hall–Kier alpha value is -3.01. The molecule has 3 N–H and O–H groups in total. The average Bonchev–Trinajstić information content (AvgIpc) is 3.24. The van der Waals surface area contributed by atoms with Crippen molar-refractivity contribution in [1.29, 1.82) is 0 Å². The van der Waals surface area contributed by atoms with E-state index in [2.05, 4.69) is 25.8 Å². The smallest absolute Gasteiger partial charge is 0.256 e. The van der Waals surface area contributed by atoms with E-state index < -0.39 is 17.7 Å². The van der Waals surface area contributed by atoms with Crippen LogP contribution in [0.1, 0.15) is 38.1 Å². The van der Waals surface area contributed by atoms with Crippen LogP contribution < -0.4 is 10.6 Å². The maximum atomic E-state index is 14.0. The van der Waals surface area contributed by atoms with Gasteiger partial charge < -0.3 is 15.7 Å². The Balaban J connectivity index is 1.97. The van der Waals surface area contributed by atoms with Gasteiger partial charge in [-0.2, -0.15) is 14.7 Å². The number of hydrogen-bond donors (Lipinski definition) is 3. The molecule has 0 aromatic carbocycles. The lowest BCUT2D eigenvalue weighted by Gasteiger charge is -2.22. The summed E-state index contributed by atoms with van der Waals surface area (Å²) in [5.41, 5.74) is 0.735. The second kappa shape index (κ2) is 7.78. The molecule has 9 nitrogen and oxygen atoms in total. The number of anilines is 1. The maximum Gasteiger partial charge on any atom is 0.256 e. The lowest BCUT2D eigenvalue weighted by molar-refractivity contribution is -0.00177. The number of hydrogen-bond acceptors (Lipinski definition) is 6. The van der Waals surface area contributed by atoms with Gasteiger partial charge in [0.25, 0.3) is 5.91 Å². The highest BCUT2D eigenvalue weighted by atomic mass is 19.1. The summed E-state index contributed by atoms with van der Waals surface area (Å²) in [4.78, 5) is 17.0. The van der Waals surface area contributed by atoms with E-state index in [9.17, 15) is 14.3 Å². The van der Waals surface area contributed by atoms with Crippen molar-refractivity contribution < 1.29 is 14.3 Å². The molecule has 0 aliphatic carbocycles. The van der Waals surface area contributed by atoms with Crippen LogP contribution in [0.5, 0.6) is 0 Å². The molecule has 0 saturated heterocycles. The summed E-state index contributed by atoms with van der Waals surface area (Å²) in [6, 6.07) is 1.82. The van der Waals surface area contributed by atoms with E-state index in [1.807, 2.05) is 27.1 Å². The number of amides is 1. The molecule has 3 rings (SSSR count). The number of carbonyl (C=O) groups is 1. The van der Waals surface area contributed by atoms with E-state index in [-0.39, 0.29) is 18.2 Å². The molecule has 3 aromatic heterocycles. The predicted octanol–water partition coefficient (Wildman–Crippen LogP) is 1.79. The SMILES string of the molecule is CC(C)Nc1c(C(=O)NCC(F)C(C)(C)O)cnc2cc(-c3cnn(C)c3)nn12. The topological polar surface area (TPSA) is 109 Å². The van der Waals surface area contributed by atoms with Crippen molar-refractivity contribution in [1.82, 2.24) is 29.7 Å². The van der Waals surface area contributed by atoms with Crippen LogP contribution in [-0.2, 0) is 7.05 Å². The summed E-state index contributed by atoms with van der Waals surface area (Å²) in [6.45, 7) is 6.26. The molecule has 3 aromatic rings. The Morgan fingerprint density at radius 3 is 2.66 bits per heavy atom. The fraction of sp³-hybridized carbons (Fsp3) is 0.474. The van der Waals surface area contributed by atoms with Crippen molar-refractivity contribution in [3.05, 3.63) is 30.2 Å². The van der Waals surface area contributed by atoms with Crippen LogP contribution in [0.4, 0.5) is 10.2 Å². The van der Waals surface area contributed by atoms with Crippen LogP contribution in [-0.4, -0.2) is 59.8 Å². The number of aromatic nitrogens is 5. The van der Waals surface area contributed by atoms with Crippen LogP contribution in [0.25, 0.3) is 16.9 Å². The van der Waals surface area contributed by atoms with Crippen molar-refractivity contribution in [2.45, 2.75) is 45.5 Å². The third-order valence-electron chi connectivity index (χ3n) is 4.36. The molecule has 10 heteroatoms. The number of rotatable bonds is 7. The molecule has 3 heterocycles. The van der Waals surface area contributed by atoms with Crippen molar-refractivity contribution >= 4 is 17.4 Å². The van der Waals surface area contributed by atoms with Gasteiger partial charge in [-0.05, 0) is 27.7 Å². The molecule has 1 unspecified atom stereocenters. The quantitative estimate of drug-likeness (QED) is 0.555. The second-order valence-electron chi connectivity index (χ2n) is 7.85. The van der Waals surface area contributed by atoms with Crippen LogP contribution in [0.2, 0.25) is 0 Å². The molecule has 0 bridgehead atoms. The molecule has 1 amide bonds. The van der Waals surface area contributed by atoms with Gasteiger partial charge in [0.1, 0.15) is 17.6 Å². The summed E-state index contributed by atoms with van der Waals surface area (Å²) >= 11 is 0. The molecular formula is C19H26FN7O2. The number of carbonyl (C=O) groups excluding carboxylic acids is 1. The highest BCUT2D eigenvalue weighted by Gasteiger charge is 2.27. The molecular weight excluding hydrogens is 377 g/mol. The van der Waals surface area contributed by atoms with Crippen molar-refractivity contribution in [2.24, 2.45) is 7.05 Å². The van der Waals surface area contributed by atoms with Gasteiger partial charge >= 0.3 is 0 Å². The maximum absolute atomic E-state index is 14.0. The van der Waals surface area contributed by atoms with Crippen molar-refractivity contribution in [2.75, 3.05) is 11.9 Å². The van der Waals surface area contributed by atoms with E-state index in [4.69, 9.17) is 0 Å². The van der Waals surface area contributed by atoms with Gasteiger partial charge in [0.2, 0.25) is 0 Å². The number of aliphatic hydroxyl groups is 1. The fourth-order valence-electron chi connectivity index (χ4n) is 2.73. The second-order valence-corrected chi connectivity index (χ2v) is 7.85. The summed E-state index contributed by atoms with van der Waals surface area (Å²) < 4.78 is 17.3. The number of alkyl halides is 1. The van der Waals surface area contributed by atoms with Gasteiger partial charge in [-0.15, -0.1) is 0 Å². The van der Waals surface area contributed by atoms with Gasteiger partial charge in [0.05, 0.1) is 24.0 Å². The summed E-state index contributed by atoms with van der Waals surface area (Å²) in [7, 11) is 1.82. The zero-order chi connectivity index (χ0) is 21.3. The Morgan fingerprint density at radius 2 is 2.07 bits per heavy atom. The first-order valence-corrected chi connectivity index (χ1v) is 9.35. The van der Waals surface area contributed by atoms with Crippen LogP contribution in [0.3, 0.4) is 0 Å². The zero-order valence-corrected chi connectivity index (χ0v) is 17.1. The minimum Gasteiger partial charge on any atom is -0.387 e. The van der Waals surface area contributed by atoms with E-state index in [0.717, 1.165) is 5.56 Å². The average molecular weight is 403 g/mol. The van der Waals surface area contributed by atoms with Crippen LogP contribution in [0, 0.1) is 0 Å². The third-order valence-corrected chi connectivity index (χ3v) is 4.36. The van der Waals surface area contributed by atoms with Gasteiger partial charge in [0, 0.05) is 37.1 Å². The summed E-state index contributed by atoms with van der Waals surface area (Å²) in [6.07, 6.45) is 3.36. The molecule has 29 heavy (non-hydrogen) atoms. The first-order valence-electron chi connectivity index (χ1n) is 9.35. The fourth-order valence-corrected chi connectivity index (χ4v) is 2.73. The highest BCUT2D eigenvalue weighted by molar-refractivity contribution is 5.99. The van der Waals surface area contributed by atoms with Gasteiger partial charge in [-0.3, -0.25) is 9.48 Å². The normalized spacial score (nSPS) is 13.1. The zero-order valence-electron chi connectivity index (χ0n) is 17.1. The lowest BCUT2D eigenvalue weighted by Crippen LogP contribution is -2.42. The monoisotopic (exact) mass is 403 g/mol. The molecule has 0 aliphatic rings. The van der Waals surface area contributed by atoms with Crippen molar-refractivity contribution in [3.63, 3.8) is 0 Å². The Morgan fingerprint density at radius 1 is 1.34 bits per heavy atom. The minimum absolute atomic E-state index is 0.0171. The van der Waals surface area contributed by atoms with Gasteiger partial charge in [0.15, 0.2) is 5.65 Å². The first kappa shape index (κ1) is 20.7. The third kappa shape index (κ3) is 4.53. The number of fused-ring (bicyclic) bond motifs is 1. The molecule has 0 radical (unpaired) electrons. The number of halogens is 1. The predicted molar refractivity (Wildman–Crippen MR) is 107 cm³/mol. The van der Waals surface area contributed by atoms with E-state index in [1.165, 1.54) is 20.0 Å². The highest BCUT2D eigenvalue weighted by Crippen LogP contribution is 2.23. The summed E-state index contributed by atoms with van der Waals surface area (Å²) in [5.74, 6) is -0.0517. The molecule has 0 fully saturated rings. The minimum atomic E-state index is -1.61. The largest absolute Gasteiger partial charge is 0.387 e. The summed E-state index contributed by atoms with van der Waals surface area (Å²) in [5, 5.41) is 24.2. The molecule has 0 saturated carbocycles. The van der Waals surface area contributed by atoms with Crippen molar-refractivity contribution in [3.8, 4) is 11.3 Å². The first-order chi connectivity index (χ1) is 13.6. The lowest BCUT2D eigenvalue weighted by atomic mass is 10.0. The standard InChI is InChI=1S/C19H26FN7O2/c1-11(2)24-17-13(18(28)22-9-15(20)19(3,4)29)8-21-16-6-14(25-27(16)17)12-7-23-26(5)10-12/h6-8,10-11,15,24,29H,9H2,1-5H3,(H,22,28). The van der Waals surface area contributed by atoms with E-state index in [1.54, 1.807) is 21.5 Å². The Labute approximate surface area is 167 Å². The molecule has 0 spiro atoms. The van der Waals surface area contributed by atoms with Crippen LogP contribution in [0.15, 0.2) is 24.7 Å². The van der Waals surface area contributed by atoms with Gasteiger partial charge in [-0.25, -0.2) is 9.37 Å². The molecule has 1 atom stereocenters. The Bertz CT molecular complexity index is 1020. The van der Waals surface area contributed by atoms with Gasteiger partial charge in [-0.1, -0.05) is 0 Å². The van der Waals surface area contributed by atoms with Crippen LogP contribution >= 0.6 is 0 Å².